The highest BCUT2D eigenvalue weighted by molar-refractivity contribution is 5.74. The average molecular weight is 652 g/mol. The van der Waals surface area contributed by atoms with Crippen LogP contribution in [0, 0.1) is 61.2 Å². The van der Waals surface area contributed by atoms with E-state index in [1.165, 1.54) is 12.1 Å². The van der Waals surface area contributed by atoms with Crippen molar-refractivity contribution in [1.82, 2.24) is 0 Å². The molecule has 250 valence electrons. The normalized spacial score (nSPS) is 10.9. The lowest BCUT2D eigenvalue weighted by atomic mass is 10.1. The molecule has 0 aliphatic heterocycles. The van der Waals surface area contributed by atoms with Crippen LogP contribution in [0.25, 0.3) is 0 Å². The SMILES string of the molecule is Cc1cc(NN(c2cc(C)c(O)c(C)c2)N(c2cc(C)c(O)c(C)c2)N(Nc2cccc(F)c2)c2cc(C)c(O)c(C)c2)cc(C)c1O. The molecule has 6 N–H and O–H groups in total. The Kier molecular flexibility index (Phi) is 9.20. The first-order chi connectivity index (χ1) is 22.6. The van der Waals surface area contributed by atoms with Gasteiger partial charge in [0.2, 0.25) is 0 Å². The van der Waals surface area contributed by atoms with Crippen molar-refractivity contribution in [2.45, 2.75) is 55.4 Å². The van der Waals surface area contributed by atoms with Crippen LogP contribution < -0.4 is 26.2 Å². The van der Waals surface area contributed by atoms with E-state index in [-0.39, 0.29) is 23.0 Å². The molecule has 5 aromatic rings. The number of halogens is 1. The minimum absolute atomic E-state index is 0.153. The van der Waals surface area contributed by atoms with Crippen molar-refractivity contribution in [3.63, 3.8) is 0 Å². The van der Waals surface area contributed by atoms with Gasteiger partial charge in [0.25, 0.3) is 0 Å². The molecule has 5 aromatic carbocycles. The Labute approximate surface area is 280 Å². The summed E-state index contributed by atoms with van der Waals surface area (Å²) in [5, 5.41) is 48.2. The number of phenolic OH excluding ortho intramolecular Hbond substituents is 4. The first kappa shape index (κ1) is 33.6. The summed E-state index contributed by atoms with van der Waals surface area (Å²) in [7, 11) is 0. The van der Waals surface area contributed by atoms with Gasteiger partial charge in [-0.25, -0.2) is 4.39 Å². The predicted octanol–water partition coefficient (Wildman–Crippen LogP) is 8.82. The van der Waals surface area contributed by atoms with Gasteiger partial charge in [0, 0.05) is 0 Å². The van der Waals surface area contributed by atoms with E-state index in [2.05, 4.69) is 10.9 Å². The molecule has 0 spiro atoms. The molecule has 0 saturated heterocycles. The maximum atomic E-state index is 14.6. The Morgan fingerprint density at radius 3 is 1.15 bits per heavy atom. The van der Waals surface area contributed by atoms with Crippen LogP contribution in [0.1, 0.15) is 44.5 Å². The van der Waals surface area contributed by atoms with Crippen LogP contribution in [-0.2, 0) is 0 Å². The lowest BCUT2D eigenvalue weighted by Gasteiger charge is -2.46. The van der Waals surface area contributed by atoms with Crippen LogP contribution in [-0.4, -0.2) is 20.4 Å². The number of aromatic hydroxyl groups is 4. The number of anilines is 5. The van der Waals surface area contributed by atoms with Crippen LogP contribution in [0.5, 0.6) is 23.0 Å². The molecule has 0 heterocycles. The second-order valence-corrected chi connectivity index (χ2v) is 12.4. The van der Waals surface area contributed by atoms with Crippen molar-refractivity contribution < 1.29 is 24.8 Å². The molecular formula is C38H42FN5O4. The summed E-state index contributed by atoms with van der Waals surface area (Å²) in [6.45, 7) is 14.5. The third kappa shape index (κ3) is 6.69. The first-order valence-electron chi connectivity index (χ1n) is 15.5. The van der Waals surface area contributed by atoms with E-state index in [0.717, 1.165) is 0 Å². The van der Waals surface area contributed by atoms with Crippen molar-refractivity contribution in [3.8, 4) is 23.0 Å². The number of aryl methyl sites for hydroxylation is 8. The second-order valence-electron chi connectivity index (χ2n) is 12.4. The van der Waals surface area contributed by atoms with Crippen molar-refractivity contribution in [3.05, 3.63) is 123 Å². The number of hydrazine groups is 4. The van der Waals surface area contributed by atoms with Gasteiger partial charge in [-0.2, -0.15) is 15.4 Å². The van der Waals surface area contributed by atoms with Crippen molar-refractivity contribution in [2.24, 2.45) is 0 Å². The third-order valence-electron chi connectivity index (χ3n) is 8.31. The third-order valence-corrected chi connectivity index (χ3v) is 8.31. The Hall–Kier alpha value is -5.77. The number of phenols is 4. The molecular weight excluding hydrogens is 609 g/mol. The highest BCUT2D eigenvalue weighted by Crippen LogP contribution is 2.38. The number of nitrogens with one attached hydrogen (secondary N) is 2. The van der Waals surface area contributed by atoms with E-state index in [4.69, 9.17) is 0 Å². The zero-order chi connectivity index (χ0) is 35.0. The van der Waals surface area contributed by atoms with Gasteiger partial charge in [0.15, 0.2) is 0 Å². The summed E-state index contributed by atoms with van der Waals surface area (Å²) in [4.78, 5) is 0. The number of hydrogen-bond acceptors (Lipinski definition) is 9. The topological polar surface area (TPSA) is 115 Å². The highest BCUT2D eigenvalue weighted by Gasteiger charge is 2.29. The van der Waals surface area contributed by atoms with Gasteiger partial charge >= 0.3 is 0 Å². The number of nitrogens with zero attached hydrogens (tertiary/aromatic N) is 3. The van der Waals surface area contributed by atoms with Crippen LogP contribution in [0.3, 0.4) is 0 Å². The summed E-state index contributed by atoms with van der Waals surface area (Å²) in [6.07, 6.45) is 0. The molecule has 5 rings (SSSR count). The fourth-order valence-corrected chi connectivity index (χ4v) is 5.75. The average Bonchev–Trinajstić information content (AvgIpc) is 3.02. The minimum atomic E-state index is -0.435. The molecule has 0 aliphatic carbocycles. The Morgan fingerprint density at radius 2 is 0.771 bits per heavy atom. The molecule has 0 aromatic heterocycles. The molecule has 0 fully saturated rings. The van der Waals surface area contributed by atoms with Crippen molar-refractivity contribution >= 4 is 28.4 Å². The van der Waals surface area contributed by atoms with Crippen LogP contribution in [0.15, 0.2) is 72.8 Å². The Balaban J connectivity index is 1.86. The van der Waals surface area contributed by atoms with Gasteiger partial charge in [-0.15, -0.1) is 0 Å². The summed E-state index contributed by atoms with van der Waals surface area (Å²) in [5.41, 5.74) is 14.8. The monoisotopic (exact) mass is 651 g/mol. The maximum Gasteiger partial charge on any atom is 0.125 e. The van der Waals surface area contributed by atoms with E-state index >= 15 is 0 Å². The molecule has 0 aliphatic rings. The molecule has 0 bridgehead atoms. The summed E-state index contributed by atoms with van der Waals surface area (Å²) < 4.78 is 14.6. The fourth-order valence-electron chi connectivity index (χ4n) is 5.75. The molecule has 0 amide bonds. The van der Waals surface area contributed by atoms with Crippen LogP contribution >= 0.6 is 0 Å². The van der Waals surface area contributed by atoms with Crippen molar-refractivity contribution in [1.29, 1.82) is 0 Å². The van der Waals surface area contributed by atoms with Crippen LogP contribution in [0.4, 0.5) is 32.8 Å². The Bertz CT molecular complexity index is 1920. The molecule has 9 nitrogen and oxygen atoms in total. The van der Waals surface area contributed by atoms with Crippen LogP contribution in [0.2, 0.25) is 0 Å². The van der Waals surface area contributed by atoms with Gasteiger partial charge < -0.3 is 20.4 Å². The van der Waals surface area contributed by atoms with E-state index in [9.17, 15) is 24.8 Å². The summed E-state index contributed by atoms with van der Waals surface area (Å²) >= 11 is 0. The Morgan fingerprint density at radius 1 is 0.438 bits per heavy atom. The molecule has 0 radical (unpaired) electrons. The smallest absolute Gasteiger partial charge is 0.125 e. The number of hydrogen-bond donors (Lipinski definition) is 6. The van der Waals surface area contributed by atoms with E-state index in [1.807, 2.05) is 90.1 Å². The largest absolute Gasteiger partial charge is 0.507 e. The lowest BCUT2D eigenvalue weighted by molar-refractivity contribution is 0.466. The summed E-state index contributed by atoms with van der Waals surface area (Å²) in [5.74, 6) is 0.227. The predicted molar refractivity (Wildman–Crippen MR) is 191 cm³/mol. The number of benzene rings is 5. The van der Waals surface area contributed by atoms with E-state index in [0.29, 0.717) is 72.9 Å². The van der Waals surface area contributed by atoms with Gasteiger partial charge in [0.1, 0.15) is 28.8 Å². The summed E-state index contributed by atoms with van der Waals surface area (Å²) in [6, 6.07) is 20.6. The molecule has 48 heavy (non-hydrogen) atoms. The molecule has 0 atom stereocenters. The highest BCUT2D eigenvalue weighted by atomic mass is 19.1. The molecule has 10 heteroatoms. The van der Waals surface area contributed by atoms with Crippen molar-refractivity contribution in [2.75, 3.05) is 26.2 Å². The van der Waals surface area contributed by atoms with E-state index < -0.39 is 5.82 Å². The standard InChI is InChI=1S/C38H42FN5O4/c1-21-12-31(13-22(2)35(21)45)41-43(33-16-25(5)37(47)26(6)17-33)44(34-18-27(7)38(48)28(8)19-34)42(40-30-11-9-10-29(39)20-30)32-14-23(3)36(46)24(4)15-32/h9-20,40-41,45-48H,1-8H3. The van der Waals surface area contributed by atoms with Gasteiger partial charge in [-0.3, -0.25) is 10.9 Å². The zero-order valence-corrected chi connectivity index (χ0v) is 28.4. The van der Waals surface area contributed by atoms with Gasteiger partial charge in [0.05, 0.1) is 28.4 Å². The zero-order valence-electron chi connectivity index (χ0n) is 28.4. The van der Waals surface area contributed by atoms with Gasteiger partial charge in [-0.1, -0.05) is 6.07 Å². The quantitative estimate of drug-likeness (QED) is 0.0687. The fraction of sp³-hybridized carbons (Fsp3) is 0.211. The lowest BCUT2D eigenvalue weighted by Crippen LogP contribution is -2.59. The first-order valence-corrected chi connectivity index (χ1v) is 15.5. The van der Waals surface area contributed by atoms with E-state index in [1.54, 1.807) is 41.3 Å². The second kappa shape index (κ2) is 13.2. The van der Waals surface area contributed by atoms with Gasteiger partial charge in [-0.05, 0) is 167 Å². The number of rotatable bonds is 9. The minimum Gasteiger partial charge on any atom is -0.507 e. The molecule has 0 saturated carbocycles. The molecule has 0 unspecified atom stereocenters. The maximum absolute atomic E-state index is 14.6.